The zero-order valence-electron chi connectivity index (χ0n) is 13.0. The Balaban J connectivity index is 1.51. The quantitative estimate of drug-likeness (QED) is 0.713. The molecule has 0 saturated heterocycles. The molecule has 0 aliphatic carbocycles. The van der Waals surface area contributed by atoms with Crippen LogP contribution in [0.15, 0.2) is 48.8 Å². The maximum absolute atomic E-state index is 11.7. The number of ether oxygens (including phenoxy) is 1. The molecule has 1 N–H and O–H groups in total. The Morgan fingerprint density at radius 1 is 1.17 bits per heavy atom. The summed E-state index contributed by atoms with van der Waals surface area (Å²) in [6.45, 7) is 0.952. The first-order chi connectivity index (χ1) is 11.2. The van der Waals surface area contributed by atoms with E-state index < -0.39 is 0 Å². The number of aryl methyl sites for hydroxylation is 1. The van der Waals surface area contributed by atoms with Gasteiger partial charge in [0.15, 0.2) is 0 Å². The molecule has 0 atom stereocenters. The SMILES string of the molecule is O=C(CCCCc1ccc(Cl)cc1)NCCOc1cccnc1. The summed E-state index contributed by atoms with van der Waals surface area (Å²) in [4.78, 5) is 15.7. The Morgan fingerprint density at radius 2 is 2.00 bits per heavy atom. The summed E-state index contributed by atoms with van der Waals surface area (Å²) >= 11 is 5.85. The third-order valence-electron chi connectivity index (χ3n) is 3.36. The summed E-state index contributed by atoms with van der Waals surface area (Å²) in [6.07, 6.45) is 6.71. The van der Waals surface area contributed by atoms with Crippen LogP contribution in [0.5, 0.6) is 5.75 Å². The largest absolute Gasteiger partial charge is 0.490 e. The fourth-order valence-electron chi connectivity index (χ4n) is 2.15. The summed E-state index contributed by atoms with van der Waals surface area (Å²) in [6, 6.07) is 11.5. The van der Waals surface area contributed by atoms with Crippen LogP contribution in [-0.2, 0) is 11.2 Å². The predicted molar refractivity (Wildman–Crippen MR) is 91.7 cm³/mol. The summed E-state index contributed by atoms with van der Waals surface area (Å²) in [5.41, 5.74) is 1.25. The minimum atomic E-state index is 0.0656. The second kappa shape index (κ2) is 9.85. The first-order valence-electron chi connectivity index (χ1n) is 7.78. The molecule has 23 heavy (non-hydrogen) atoms. The van der Waals surface area contributed by atoms with Crippen molar-refractivity contribution in [2.24, 2.45) is 0 Å². The molecule has 0 spiro atoms. The van der Waals surface area contributed by atoms with Crippen LogP contribution in [0.4, 0.5) is 0 Å². The summed E-state index contributed by atoms with van der Waals surface area (Å²) in [7, 11) is 0. The standard InChI is InChI=1S/C18H21ClN2O2/c19-16-9-7-15(8-10-16)4-1-2-6-18(22)21-12-13-23-17-5-3-11-20-14-17/h3,5,7-11,14H,1-2,4,6,12-13H2,(H,21,22). The van der Waals surface area contributed by atoms with Crippen LogP contribution in [0.2, 0.25) is 5.02 Å². The fraction of sp³-hybridized carbons (Fsp3) is 0.333. The Hall–Kier alpha value is -2.07. The minimum Gasteiger partial charge on any atom is -0.490 e. The average Bonchev–Trinajstić information content (AvgIpc) is 2.58. The number of carbonyl (C=O) groups excluding carboxylic acids is 1. The van der Waals surface area contributed by atoms with Gasteiger partial charge in [0.05, 0.1) is 12.7 Å². The number of amides is 1. The van der Waals surface area contributed by atoms with Crippen molar-refractivity contribution >= 4 is 17.5 Å². The molecule has 1 heterocycles. The van der Waals surface area contributed by atoms with E-state index in [0.717, 1.165) is 24.3 Å². The molecule has 122 valence electrons. The monoisotopic (exact) mass is 332 g/mol. The van der Waals surface area contributed by atoms with Crippen LogP contribution < -0.4 is 10.1 Å². The van der Waals surface area contributed by atoms with E-state index in [0.29, 0.717) is 25.3 Å². The van der Waals surface area contributed by atoms with Gasteiger partial charge in [-0.3, -0.25) is 9.78 Å². The number of hydrogen-bond donors (Lipinski definition) is 1. The molecule has 1 aromatic carbocycles. The number of benzene rings is 1. The zero-order chi connectivity index (χ0) is 16.3. The Labute approximate surface area is 141 Å². The van der Waals surface area contributed by atoms with E-state index in [1.54, 1.807) is 12.4 Å². The van der Waals surface area contributed by atoms with Crippen molar-refractivity contribution in [3.8, 4) is 5.75 Å². The lowest BCUT2D eigenvalue weighted by Gasteiger charge is -2.07. The number of nitrogens with one attached hydrogen (secondary N) is 1. The van der Waals surface area contributed by atoms with Crippen molar-refractivity contribution < 1.29 is 9.53 Å². The zero-order valence-corrected chi connectivity index (χ0v) is 13.8. The molecule has 2 aromatic rings. The Kier molecular flexibility index (Phi) is 7.40. The van der Waals surface area contributed by atoms with Gasteiger partial charge in [-0.1, -0.05) is 23.7 Å². The molecule has 0 aliphatic heterocycles. The van der Waals surface area contributed by atoms with Gasteiger partial charge in [-0.05, 0) is 49.1 Å². The van der Waals surface area contributed by atoms with E-state index in [-0.39, 0.29) is 5.91 Å². The fourth-order valence-corrected chi connectivity index (χ4v) is 2.27. The van der Waals surface area contributed by atoms with Gasteiger partial charge in [-0.25, -0.2) is 0 Å². The first kappa shape index (κ1) is 17.3. The lowest BCUT2D eigenvalue weighted by Crippen LogP contribution is -2.27. The molecule has 1 aromatic heterocycles. The first-order valence-corrected chi connectivity index (χ1v) is 8.16. The Morgan fingerprint density at radius 3 is 2.74 bits per heavy atom. The smallest absolute Gasteiger partial charge is 0.220 e. The second-order valence-electron chi connectivity index (χ2n) is 5.22. The molecule has 0 fully saturated rings. The van der Waals surface area contributed by atoms with Crippen molar-refractivity contribution in [3.63, 3.8) is 0 Å². The van der Waals surface area contributed by atoms with Crippen molar-refractivity contribution in [1.82, 2.24) is 10.3 Å². The topological polar surface area (TPSA) is 51.2 Å². The van der Waals surface area contributed by atoms with Crippen molar-refractivity contribution in [2.75, 3.05) is 13.2 Å². The van der Waals surface area contributed by atoms with Gasteiger partial charge < -0.3 is 10.1 Å². The maximum atomic E-state index is 11.7. The molecule has 1 amide bonds. The van der Waals surface area contributed by atoms with Gasteiger partial charge in [0.1, 0.15) is 12.4 Å². The van der Waals surface area contributed by atoms with Gasteiger partial charge in [0, 0.05) is 17.6 Å². The van der Waals surface area contributed by atoms with Gasteiger partial charge in [0.2, 0.25) is 5.91 Å². The van der Waals surface area contributed by atoms with Crippen LogP contribution >= 0.6 is 11.6 Å². The molecule has 0 bridgehead atoms. The van der Waals surface area contributed by atoms with Gasteiger partial charge in [-0.2, -0.15) is 0 Å². The minimum absolute atomic E-state index is 0.0656. The highest BCUT2D eigenvalue weighted by Crippen LogP contribution is 2.12. The predicted octanol–water partition coefficient (Wildman–Crippen LogP) is 3.64. The second-order valence-corrected chi connectivity index (χ2v) is 5.66. The highest BCUT2D eigenvalue weighted by molar-refractivity contribution is 6.30. The number of halogens is 1. The van der Waals surface area contributed by atoms with E-state index in [9.17, 15) is 4.79 Å². The molecule has 2 rings (SSSR count). The van der Waals surface area contributed by atoms with Crippen molar-refractivity contribution in [3.05, 3.63) is 59.4 Å². The van der Waals surface area contributed by atoms with Crippen LogP contribution in [0, 0.1) is 0 Å². The van der Waals surface area contributed by atoms with Gasteiger partial charge in [0.25, 0.3) is 0 Å². The molecule has 0 unspecified atom stereocenters. The number of hydrogen-bond acceptors (Lipinski definition) is 3. The Bertz CT molecular complexity index is 588. The molecular weight excluding hydrogens is 312 g/mol. The lowest BCUT2D eigenvalue weighted by atomic mass is 10.1. The van der Waals surface area contributed by atoms with Crippen molar-refractivity contribution in [1.29, 1.82) is 0 Å². The molecule has 4 nitrogen and oxygen atoms in total. The average molecular weight is 333 g/mol. The third-order valence-corrected chi connectivity index (χ3v) is 3.61. The number of unbranched alkanes of at least 4 members (excludes halogenated alkanes) is 1. The van der Waals surface area contributed by atoms with Gasteiger partial charge in [-0.15, -0.1) is 0 Å². The molecule has 0 radical (unpaired) electrons. The normalized spacial score (nSPS) is 10.3. The molecule has 0 aliphatic rings. The summed E-state index contributed by atoms with van der Waals surface area (Å²) < 4.78 is 5.46. The number of pyridine rings is 1. The van der Waals surface area contributed by atoms with E-state index in [1.165, 1.54) is 5.56 Å². The molecule has 0 saturated carbocycles. The third kappa shape index (κ3) is 7.15. The number of carbonyl (C=O) groups is 1. The summed E-state index contributed by atoms with van der Waals surface area (Å²) in [5.74, 6) is 0.778. The molecular formula is C18H21ClN2O2. The lowest BCUT2D eigenvalue weighted by molar-refractivity contribution is -0.121. The van der Waals surface area contributed by atoms with Crippen LogP contribution in [0.3, 0.4) is 0 Å². The van der Waals surface area contributed by atoms with Crippen LogP contribution in [-0.4, -0.2) is 24.0 Å². The maximum Gasteiger partial charge on any atom is 0.220 e. The number of rotatable bonds is 9. The number of nitrogens with zero attached hydrogens (tertiary/aromatic N) is 1. The van der Waals surface area contributed by atoms with E-state index in [1.807, 2.05) is 36.4 Å². The van der Waals surface area contributed by atoms with E-state index in [2.05, 4.69) is 10.3 Å². The molecule has 5 heteroatoms. The van der Waals surface area contributed by atoms with Gasteiger partial charge >= 0.3 is 0 Å². The number of aromatic nitrogens is 1. The van der Waals surface area contributed by atoms with Crippen molar-refractivity contribution in [2.45, 2.75) is 25.7 Å². The van der Waals surface area contributed by atoms with Crippen LogP contribution in [0.25, 0.3) is 0 Å². The highest BCUT2D eigenvalue weighted by atomic mass is 35.5. The van der Waals surface area contributed by atoms with Crippen LogP contribution in [0.1, 0.15) is 24.8 Å². The van der Waals surface area contributed by atoms with E-state index >= 15 is 0 Å². The summed E-state index contributed by atoms with van der Waals surface area (Å²) in [5, 5.41) is 3.61. The highest BCUT2D eigenvalue weighted by Gasteiger charge is 2.01. The van der Waals surface area contributed by atoms with E-state index in [4.69, 9.17) is 16.3 Å².